The average molecular weight is 385 g/mol. The Morgan fingerprint density at radius 2 is 1.72 bits per heavy atom. The summed E-state index contributed by atoms with van der Waals surface area (Å²) in [6.07, 6.45) is 6.24. The van der Waals surface area contributed by atoms with Gasteiger partial charge in [-0.05, 0) is 60.4 Å². The molecule has 29 heavy (non-hydrogen) atoms. The van der Waals surface area contributed by atoms with Crippen LogP contribution < -0.4 is 4.90 Å². The summed E-state index contributed by atoms with van der Waals surface area (Å²) in [4.78, 5) is 6.99. The summed E-state index contributed by atoms with van der Waals surface area (Å²) in [5.74, 6) is 0.601. The maximum atomic E-state index is 13.3. The molecule has 0 bridgehead atoms. The van der Waals surface area contributed by atoms with Crippen molar-refractivity contribution < 1.29 is 4.39 Å². The molecule has 2 aromatic heterocycles. The van der Waals surface area contributed by atoms with Crippen LogP contribution in [0.4, 0.5) is 10.1 Å². The monoisotopic (exact) mass is 385 g/mol. The zero-order valence-electron chi connectivity index (χ0n) is 15.9. The third-order valence-corrected chi connectivity index (χ3v) is 5.95. The van der Waals surface area contributed by atoms with Crippen molar-refractivity contribution in [1.82, 2.24) is 19.3 Å². The number of halogens is 1. The quantitative estimate of drug-likeness (QED) is 0.449. The summed E-state index contributed by atoms with van der Waals surface area (Å²) >= 11 is 0. The Bertz CT molecular complexity index is 1200. The molecule has 2 aromatic carbocycles. The zero-order valence-corrected chi connectivity index (χ0v) is 15.9. The predicted molar refractivity (Wildman–Crippen MR) is 111 cm³/mol. The Morgan fingerprint density at radius 1 is 0.897 bits per heavy atom. The van der Waals surface area contributed by atoms with Crippen molar-refractivity contribution in [1.29, 1.82) is 0 Å². The lowest BCUT2D eigenvalue weighted by Crippen LogP contribution is -2.18. The minimum atomic E-state index is -0.224. The van der Waals surface area contributed by atoms with Crippen LogP contribution >= 0.6 is 0 Å². The molecule has 6 heteroatoms. The van der Waals surface area contributed by atoms with Gasteiger partial charge >= 0.3 is 0 Å². The lowest BCUT2D eigenvalue weighted by Gasteiger charge is -2.19. The van der Waals surface area contributed by atoms with Crippen molar-refractivity contribution in [3.8, 4) is 28.3 Å². The number of fused-ring (bicyclic) bond motifs is 5. The molecular formula is C23H20FN5. The highest BCUT2D eigenvalue weighted by Gasteiger charge is 2.23. The first-order valence-corrected chi connectivity index (χ1v) is 10.0. The second-order valence-electron chi connectivity index (χ2n) is 7.75. The van der Waals surface area contributed by atoms with Gasteiger partial charge in [-0.3, -0.25) is 0 Å². The van der Waals surface area contributed by atoms with E-state index in [-0.39, 0.29) is 5.82 Å². The second kappa shape index (κ2) is 6.30. The summed E-state index contributed by atoms with van der Waals surface area (Å²) in [6.45, 7) is 2.99. The summed E-state index contributed by atoms with van der Waals surface area (Å²) in [5.41, 5.74) is 6.63. The van der Waals surface area contributed by atoms with Crippen LogP contribution in [0.2, 0.25) is 0 Å². The van der Waals surface area contributed by atoms with Crippen LogP contribution in [0.5, 0.6) is 0 Å². The maximum absolute atomic E-state index is 13.3. The standard InChI is InChI=1S/C23H20FN5/c24-19-5-3-16(4-6-19)17-12-22-23-25-15-26-29(23)21-8-7-20(27-9-1-2-10-27)11-18(21)14-28(22)13-17/h3-8,11-13,15H,1-2,9-10,14H2. The molecule has 2 aliphatic heterocycles. The van der Waals surface area contributed by atoms with E-state index in [0.29, 0.717) is 0 Å². The number of rotatable bonds is 2. The van der Waals surface area contributed by atoms with Crippen molar-refractivity contribution in [3.05, 3.63) is 72.4 Å². The molecule has 144 valence electrons. The number of hydrogen-bond donors (Lipinski definition) is 0. The van der Waals surface area contributed by atoms with Crippen LogP contribution in [-0.4, -0.2) is 32.4 Å². The van der Waals surface area contributed by atoms with Crippen LogP contribution in [0.25, 0.3) is 28.3 Å². The summed E-state index contributed by atoms with van der Waals surface area (Å²) in [7, 11) is 0. The molecule has 0 radical (unpaired) electrons. The van der Waals surface area contributed by atoms with Gasteiger partial charge in [-0.15, -0.1) is 0 Å². The van der Waals surface area contributed by atoms with Crippen molar-refractivity contribution >= 4 is 5.69 Å². The van der Waals surface area contributed by atoms with Crippen molar-refractivity contribution in [2.75, 3.05) is 18.0 Å². The molecule has 5 nitrogen and oxygen atoms in total. The fourth-order valence-electron chi connectivity index (χ4n) is 4.48. The first kappa shape index (κ1) is 16.5. The van der Waals surface area contributed by atoms with Crippen LogP contribution in [0.1, 0.15) is 18.4 Å². The van der Waals surface area contributed by atoms with E-state index in [0.717, 1.165) is 48.0 Å². The van der Waals surface area contributed by atoms with Crippen molar-refractivity contribution in [2.45, 2.75) is 19.4 Å². The Kier molecular flexibility index (Phi) is 3.59. The number of hydrogen-bond acceptors (Lipinski definition) is 3. The molecular weight excluding hydrogens is 365 g/mol. The Balaban J connectivity index is 1.48. The van der Waals surface area contributed by atoms with Gasteiger partial charge in [0.1, 0.15) is 12.1 Å². The third-order valence-electron chi connectivity index (χ3n) is 5.95. The Hall–Kier alpha value is -3.41. The average Bonchev–Trinajstić information content (AvgIpc) is 3.48. The highest BCUT2D eigenvalue weighted by atomic mass is 19.1. The lowest BCUT2D eigenvalue weighted by atomic mass is 10.1. The molecule has 0 N–H and O–H groups in total. The topological polar surface area (TPSA) is 38.9 Å². The van der Waals surface area contributed by atoms with E-state index >= 15 is 0 Å². The smallest absolute Gasteiger partial charge is 0.179 e. The normalized spacial score (nSPS) is 15.0. The van der Waals surface area contributed by atoms with E-state index in [1.807, 2.05) is 16.8 Å². The van der Waals surface area contributed by atoms with Gasteiger partial charge in [-0.1, -0.05) is 12.1 Å². The van der Waals surface area contributed by atoms with E-state index in [4.69, 9.17) is 0 Å². The van der Waals surface area contributed by atoms with E-state index in [2.05, 4.69) is 50.0 Å². The molecule has 0 atom stereocenters. The van der Waals surface area contributed by atoms with Crippen LogP contribution in [0.3, 0.4) is 0 Å². The van der Waals surface area contributed by atoms with Crippen LogP contribution in [0.15, 0.2) is 61.1 Å². The molecule has 4 heterocycles. The summed E-state index contributed by atoms with van der Waals surface area (Å²) in [5, 5.41) is 4.51. The lowest BCUT2D eigenvalue weighted by molar-refractivity contribution is 0.628. The van der Waals surface area contributed by atoms with Gasteiger partial charge in [-0.2, -0.15) is 5.10 Å². The predicted octanol–water partition coefficient (Wildman–Crippen LogP) is 4.50. The highest BCUT2D eigenvalue weighted by Crippen LogP contribution is 2.35. The molecule has 2 aliphatic rings. The minimum absolute atomic E-state index is 0.224. The minimum Gasteiger partial charge on any atom is -0.372 e. The zero-order chi connectivity index (χ0) is 19.4. The van der Waals surface area contributed by atoms with Crippen LogP contribution in [0, 0.1) is 5.82 Å². The van der Waals surface area contributed by atoms with E-state index in [9.17, 15) is 4.39 Å². The molecule has 4 aromatic rings. The number of anilines is 1. The number of benzene rings is 2. The first-order chi connectivity index (χ1) is 14.3. The Labute approximate surface area is 168 Å². The van der Waals surface area contributed by atoms with Gasteiger partial charge in [0.15, 0.2) is 5.82 Å². The molecule has 0 unspecified atom stereocenters. The van der Waals surface area contributed by atoms with Crippen molar-refractivity contribution in [3.63, 3.8) is 0 Å². The number of nitrogens with zero attached hydrogens (tertiary/aromatic N) is 5. The van der Waals surface area contributed by atoms with Gasteiger partial charge in [0.05, 0.1) is 11.4 Å². The van der Waals surface area contributed by atoms with Gasteiger partial charge in [0.25, 0.3) is 0 Å². The molecule has 0 spiro atoms. The van der Waals surface area contributed by atoms with Crippen molar-refractivity contribution in [2.24, 2.45) is 0 Å². The number of aromatic nitrogens is 4. The van der Waals surface area contributed by atoms with E-state index in [1.165, 1.54) is 36.2 Å². The molecule has 6 rings (SSSR count). The van der Waals surface area contributed by atoms with E-state index < -0.39 is 0 Å². The summed E-state index contributed by atoms with van der Waals surface area (Å²) < 4.78 is 17.5. The first-order valence-electron chi connectivity index (χ1n) is 10.0. The molecule has 0 aliphatic carbocycles. The van der Waals surface area contributed by atoms with Gasteiger partial charge in [0.2, 0.25) is 0 Å². The van der Waals surface area contributed by atoms with Gasteiger partial charge in [0, 0.05) is 37.1 Å². The maximum Gasteiger partial charge on any atom is 0.179 e. The molecule has 1 saturated heterocycles. The van der Waals surface area contributed by atoms with Gasteiger partial charge in [-0.25, -0.2) is 14.1 Å². The summed E-state index contributed by atoms with van der Waals surface area (Å²) in [6, 6.07) is 15.4. The highest BCUT2D eigenvalue weighted by molar-refractivity contribution is 5.71. The molecule has 1 fully saturated rings. The SMILES string of the molecule is Fc1ccc(-c2cc3n(c2)Cc2cc(N4CCCC4)ccc2-n2ncnc2-3)cc1. The fraction of sp³-hybridized carbons (Fsp3) is 0.217. The van der Waals surface area contributed by atoms with Gasteiger partial charge < -0.3 is 9.47 Å². The largest absolute Gasteiger partial charge is 0.372 e. The molecule has 0 saturated carbocycles. The third kappa shape index (κ3) is 2.67. The molecule has 0 amide bonds. The Morgan fingerprint density at radius 3 is 2.55 bits per heavy atom. The fourth-order valence-corrected chi connectivity index (χ4v) is 4.48. The van der Waals surface area contributed by atoms with Crippen LogP contribution in [-0.2, 0) is 6.54 Å². The second-order valence-corrected chi connectivity index (χ2v) is 7.75. The van der Waals surface area contributed by atoms with E-state index in [1.54, 1.807) is 6.33 Å².